The van der Waals surface area contributed by atoms with Gasteiger partial charge in [-0.3, -0.25) is 0 Å². The van der Waals surface area contributed by atoms with Gasteiger partial charge in [-0.1, -0.05) is 29.8 Å². The molecule has 1 aliphatic rings. The SMILES string of the molecule is CNCc1cc(Br)c(C)c(S(=O)(=O)NCC2CC2(C)C)c1. The van der Waals surface area contributed by atoms with Gasteiger partial charge in [0.05, 0.1) is 4.90 Å². The summed E-state index contributed by atoms with van der Waals surface area (Å²) in [6, 6.07) is 3.70. The Labute approximate surface area is 135 Å². The van der Waals surface area contributed by atoms with E-state index in [1.165, 1.54) is 0 Å². The molecule has 0 bridgehead atoms. The van der Waals surface area contributed by atoms with Crippen LogP contribution >= 0.6 is 15.9 Å². The molecule has 0 radical (unpaired) electrons. The molecule has 2 rings (SSSR count). The van der Waals surface area contributed by atoms with Crippen LogP contribution in [0.2, 0.25) is 0 Å². The van der Waals surface area contributed by atoms with Crippen LogP contribution in [0.4, 0.5) is 0 Å². The molecule has 0 aromatic heterocycles. The summed E-state index contributed by atoms with van der Waals surface area (Å²) < 4.78 is 28.7. The average molecular weight is 375 g/mol. The van der Waals surface area contributed by atoms with Gasteiger partial charge in [-0.2, -0.15) is 0 Å². The minimum atomic E-state index is -3.47. The summed E-state index contributed by atoms with van der Waals surface area (Å²) in [5.74, 6) is 0.441. The van der Waals surface area contributed by atoms with Crippen molar-refractivity contribution in [2.45, 2.75) is 38.6 Å². The first kappa shape index (κ1) is 16.9. The van der Waals surface area contributed by atoms with Crippen molar-refractivity contribution in [2.75, 3.05) is 13.6 Å². The third kappa shape index (κ3) is 3.86. The molecule has 6 heteroatoms. The van der Waals surface area contributed by atoms with Crippen molar-refractivity contribution in [3.63, 3.8) is 0 Å². The fourth-order valence-electron chi connectivity index (χ4n) is 2.50. The van der Waals surface area contributed by atoms with Crippen molar-refractivity contribution in [3.05, 3.63) is 27.7 Å². The van der Waals surface area contributed by atoms with E-state index in [2.05, 4.69) is 39.8 Å². The molecular formula is C15H23BrN2O2S. The van der Waals surface area contributed by atoms with E-state index in [1.807, 2.05) is 20.0 Å². The lowest BCUT2D eigenvalue weighted by molar-refractivity contribution is 0.537. The molecule has 1 aromatic rings. The second-order valence-corrected chi connectivity index (χ2v) is 9.06. The van der Waals surface area contributed by atoms with Crippen molar-refractivity contribution in [1.29, 1.82) is 0 Å². The first-order valence-electron chi connectivity index (χ1n) is 7.10. The van der Waals surface area contributed by atoms with Crippen LogP contribution in [0.3, 0.4) is 0 Å². The normalized spacial score (nSPS) is 20.5. The molecule has 0 heterocycles. The highest BCUT2D eigenvalue weighted by atomic mass is 79.9. The molecule has 1 saturated carbocycles. The number of rotatable bonds is 6. The van der Waals surface area contributed by atoms with Gasteiger partial charge in [-0.25, -0.2) is 13.1 Å². The highest BCUT2D eigenvalue weighted by Crippen LogP contribution is 2.51. The van der Waals surface area contributed by atoms with Crippen molar-refractivity contribution < 1.29 is 8.42 Å². The van der Waals surface area contributed by atoms with E-state index >= 15 is 0 Å². The molecule has 0 aliphatic heterocycles. The smallest absolute Gasteiger partial charge is 0.240 e. The maximum Gasteiger partial charge on any atom is 0.240 e. The number of benzene rings is 1. The standard InChI is InChI=1S/C15H23BrN2O2S/c1-10-13(16)5-11(8-17-4)6-14(10)21(19,20)18-9-12-7-15(12,2)3/h5-6,12,17-18H,7-9H2,1-4H3. The van der Waals surface area contributed by atoms with Crippen LogP contribution in [0.5, 0.6) is 0 Å². The molecule has 1 aliphatic carbocycles. The molecular weight excluding hydrogens is 352 g/mol. The van der Waals surface area contributed by atoms with Crippen LogP contribution < -0.4 is 10.0 Å². The minimum Gasteiger partial charge on any atom is -0.316 e. The Bertz CT molecular complexity index is 641. The summed E-state index contributed by atoms with van der Waals surface area (Å²) in [5.41, 5.74) is 1.96. The van der Waals surface area contributed by atoms with Gasteiger partial charge in [0.1, 0.15) is 0 Å². The first-order chi connectivity index (χ1) is 9.67. The topological polar surface area (TPSA) is 58.2 Å². The van der Waals surface area contributed by atoms with E-state index in [1.54, 1.807) is 6.07 Å². The Balaban J connectivity index is 2.22. The average Bonchev–Trinajstić information content (AvgIpc) is 2.99. The van der Waals surface area contributed by atoms with E-state index in [0.717, 1.165) is 22.0 Å². The predicted octanol–water partition coefficient (Wildman–Crippen LogP) is 2.80. The Hall–Kier alpha value is -0.430. The van der Waals surface area contributed by atoms with Crippen molar-refractivity contribution >= 4 is 26.0 Å². The quantitative estimate of drug-likeness (QED) is 0.804. The van der Waals surface area contributed by atoms with Gasteiger partial charge in [0.25, 0.3) is 0 Å². The van der Waals surface area contributed by atoms with Crippen LogP contribution in [-0.4, -0.2) is 22.0 Å². The summed E-state index contributed by atoms with van der Waals surface area (Å²) in [6.07, 6.45) is 1.08. The molecule has 1 unspecified atom stereocenters. The molecule has 1 fully saturated rings. The second kappa shape index (κ2) is 5.99. The third-order valence-electron chi connectivity index (χ3n) is 4.26. The zero-order valence-corrected chi connectivity index (χ0v) is 15.4. The summed E-state index contributed by atoms with van der Waals surface area (Å²) in [4.78, 5) is 0.362. The Morgan fingerprint density at radius 3 is 2.52 bits per heavy atom. The Kier molecular flexibility index (Phi) is 4.83. The number of hydrogen-bond acceptors (Lipinski definition) is 3. The first-order valence-corrected chi connectivity index (χ1v) is 9.38. The lowest BCUT2D eigenvalue weighted by Gasteiger charge is -2.13. The summed E-state index contributed by atoms with van der Waals surface area (Å²) in [7, 11) is -1.62. The second-order valence-electron chi connectivity index (χ2n) is 6.47. The molecule has 0 spiro atoms. The number of sulfonamides is 1. The molecule has 0 saturated heterocycles. The molecule has 2 N–H and O–H groups in total. The van der Waals surface area contributed by atoms with Gasteiger partial charge in [-0.05, 0) is 55.0 Å². The molecule has 1 atom stereocenters. The lowest BCUT2D eigenvalue weighted by Crippen LogP contribution is -2.27. The highest BCUT2D eigenvalue weighted by molar-refractivity contribution is 9.10. The van der Waals surface area contributed by atoms with Crippen molar-refractivity contribution in [2.24, 2.45) is 11.3 Å². The van der Waals surface area contributed by atoms with Gasteiger partial charge in [-0.15, -0.1) is 0 Å². The zero-order chi connectivity index (χ0) is 15.8. The monoisotopic (exact) mass is 374 g/mol. The fourth-order valence-corrected chi connectivity index (χ4v) is 4.54. The summed E-state index contributed by atoms with van der Waals surface area (Å²) in [5, 5.41) is 3.04. The van der Waals surface area contributed by atoms with Gasteiger partial charge in [0.2, 0.25) is 10.0 Å². The summed E-state index contributed by atoms with van der Waals surface area (Å²) >= 11 is 3.45. The number of halogens is 1. The zero-order valence-electron chi connectivity index (χ0n) is 13.0. The summed E-state index contributed by atoms with van der Waals surface area (Å²) in [6.45, 7) is 7.31. The number of hydrogen-bond donors (Lipinski definition) is 2. The Morgan fingerprint density at radius 1 is 1.38 bits per heavy atom. The van der Waals surface area contributed by atoms with E-state index in [0.29, 0.717) is 23.9 Å². The van der Waals surface area contributed by atoms with Gasteiger partial charge >= 0.3 is 0 Å². The van der Waals surface area contributed by atoms with Crippen LogP contribution in [0.1, 0.15) is 31.4 Å². The van der Waals surface area contributed by atoms with E-state index in [4.69, 9.17) is 0 Å². The molecule has 21 heavy (non-hydrogen) atoms. The Morgan fingerprint density at radius 2 is 2.00 bits per heavy atom. The van der Waals surface area contributed by atoms with Gasteiger partial charge in [0, 0.05) is 17.6 Å². The predicted molar refractivity (Wildman–Crippen MR) is 88.7 cm³/mol. The van der Waals surface area contributed by atoms with E-state index in [9.17, 15) is 8.42 Å². The van der Waals surface area contributed by atoms with Gasteiger partial charge < -0.3 is 5.32 Å². The van der Waals surface area contributed by atoms with Crippen LogP contribution in [-0.2, 0) is 16.6 Å². The van der Waals surface area contributed by atoms with Crippen LogP contribution in [0, 0.1) is 18.3 Å². The molecule has 118 valence electrons. The van der Waals surface area contributed by atoms with Crippen molar-refractivity contribution in [3.8, 4) is 0 Å². The number of nitrogens with one attached hydrogen (secondary N) is 2. The maximum atomic E-state index is 12.6. The molecule has 0 amide bonds. The van der Waals surface area contributed by atoms with Crippen molar-refractivity contribution in [1.82, 2.24) is 10.0 Å². The van der Waals surface area contributed by atoms with Crippen LogP contribution in [0.25, 0.3) is 0 Å². The maximum absolute atomic E-state index is 12.6. The third-order valence-corrected chi connectivity index (χ3v) is 6.64. The molecule has 1 aromatic carbocycles. The fraction of sp³-hybridized carbons (Fsp3) is 0.600. The largest absolute Gasteiger partial charge is 0.316 e. The lowest BCUT2D eigenvalue weighted by atomic mass is 10.1. The van der Waals surface area contributed by atoms with E-state index < -0.39 is 10.0 Å². The minimum absolute atomic E-state index is 0.270. The van der Waals surface area contributed by atoms with Crippen LogP contribution in [0.15, 0.2) is 21.5 Å². The highest BCUT2D eigenvalue weighted by Gasteiger charge is 2.45. The van der Waals surface area contributed by atoms with Gasteiger partial charge in [0.15, 0.2) is 0 Å². The molecule has 4 nitrogen and oxygen atoms in total. The van der Waals surface area contributed by atoms with E-state index in [-0.39, 0.29) is 5.41 Å².